The molecule has 2 heterocycles. The Morgan fingerprint density at radius 1 is 1.36 bits per heavy atom. The fraction of sp³-hybridized carbons (Fsp3) is 0.562. The second-order valence-corrected chi connectivity index (χ2v) is 5.77. The Kier molecular flexibility index (Phi) is 4.68. The van der Waals surface area contributed by atoms with Gasteiger partial charge in [-0.2, -0.15) is 15.4 Å². The van der Waals surface area contributed by atoms with Crippen molar-refractivity contribution in [2.24, 2.45) is 0 Å². The molecule has 0 radical (unpaired) electrons. The molecule has 1 aliphatic rings. The number of nitrogens with one attached hydrogen (secondary N) is 1. The van der Waals surface area contributed by atoms with E-state index >= 15 is 0 Å². The van der Waals surface area contributed by atoms with E-state index < -0.39 is 0 Å². The van der Waals surface area contributed by atoms with Crippen molar-refractivity contribution in [2.75, 3.05) is 19.7 Å². The Hall–Kier alpha value is -1.95. The van der Waals surface area contributed by atoms with Gasteiger partial charge < -0.3 is 9.64 Å². The third-order valence-corrected chi connectivity index (χ3v) is 4.04. The molecule has 1 atom stereocenters. The van der Waals surface area contributed by atoms with E-state index in [4.69, 9.17) is 4.74 Å². The van der Waals surface area contributed by atoms with Gasteiger partial charge in [0.25, 0.3) is 5.91 Å². The van der Waals surface area contributed by atoms with Crippen molar-refractivity contribution in [3.63, 3.8) is 0 Å². The number of carbonyl (C=O) groups excluding carboxylic acids is 1. The van der Waals surface area contributed by atoms with E-state index in [1.165, 1.54) is 6.42 Å². The monoisotopic (exact) mass is 302 g/mol. The SMILES string of the molecule is CCCN(C[C@@H]1CCCCO1)C(=O)c1ccc2n[nH]nc2c1. The molecule has 1 N–H and O–H groups in total. The van der Waals surface area contributed by atoms with Crippen LogP contribution in [-0.2, 0) is 4.74 Å². The Labute approximate surface area is 129 Å². The lowest BCUT2D eigenvalue weighted by molar-refractivity contribution is -0.00383. The van der Waals surface area contributed by atoms with E-state index in [1.54, 1.807) is 6.07 Å². The first-order valence-electron chi connectivity index (χ1n) is 7.99. The zero-order chi connectivity index (χ0) is 15.4. The zero-order valence-corrected chi connectivity index (χ0v) is 12.9. The van der Waals surface area contributed by atoms with Gasteiger partial charge in [-0.3, -0.25) is 4.79 Å². The van der Waals surface area contributed by atoms with Crippen LogP contribution in [0.15, 0.2) is 18.2 Å². The maximum absolute atomic E-state index is 12.8. The van der Waals surface area contributed by atoms with Crippen LogP contribution in [0, 0.1) is 0 Å². The number of H-pyrrole nitrogens is 1. The van der Waals surface area contributed by atoms with E-state index in [0.717, 1.165) is 43.4 Å². The van der Waals surface area contributed by atoms with Crippen molar-refractivity contribution in [3.05, 3.63) is 23.8 Å². The summed E-state index contributed by atoms with van der Waals surface area (Å²) in [5.41, 5.74) is 2.15. The van der Waals surface area contributed by atoms with Crippen LogP contribution >= 0.6 is 0 Å². The van der Waals surface area contributed by atoms with Crippen molar-refractivity contribution in [1.29, 1.82) is 0 Å². The van der Waals surface area contributed by atoms with Gasteiger partial charge in [-0.1, -0.05) is 6.92 Å². The molecule has 1 saturated heterocycles. The largest absolute Gasteiger partial charge is 0.376 e. The maximum atomic E-state index is 12.8. The zero-order valence-electron chi connectivity index (χ0n) is 12.9. The highest BCUT2D eigenvalue weighted by atomic mass is 16.5. The number of hydrogen-bond acceptors (Lipinski definition) is 4. The molecule has 1 aromatic carbocycles. The van der Waals surface area contributed by atoms with Crippen LogP contribution in [0.2, 0.25) is 0 Å². The summed E-state index contributed by atoms with van der Waals surface area (Å²) >= 11 is 0. The summed E-state index contributed by atoms with van der Waals surface area (Å²) in [6.45, 7) is 4.31. The molecule has 118 valence electrons. The topological polar surface area (TPSA) is 71.1 Å². The van der Waals surface area contributed by atoms with E-state index in [9.17, 15) is 4.79 Å². The summed E-state index contributed by atoms with van der Waals surface area (Å²) in [4.78, 5) is 14.7. The molecule has 22 heavy (non-hydrogen) atoms. The summed E-state index contributed by atoms with van der Waals surface area (Å²) in [6.07, 6.45) is 4.45. The third-order valence-electron chi connectivity index (χ3n) is 4.04. The number of aromatic amines is 1. The molecule has 3 rings (SSSR count). The van der Waals surface area contributed by atoms with E-state index in [0.29, 0.717) is 12.1 Å². The Morgan fingerprint density at radius 2 is 2.23 bits per heavy atom. The van der Waals surface area contributed by atoms with Gasteiger partial charge in [-0.05, 0) is 43.9 Å². The number of rotatable bonds is 5. The molecule has 0 saturated carbocycles. The van der Waals surface area contributed by atoms with Gasteiger partial charge in [0.15, 0.2) is 0 Å². The maximum Gasteiger partial charge on any atom is 0.254 e. The Morgan fingerprint density at radius 3 is 3.00 bits per heavy atom. The molecule has 0 aliphatic carbocycles. The van der Waals surface area contributed by atoms with Crippen LogP contribution < -0.4 is 0 Å². The summed E-state index contributed by atoms with van der Waals surface area (Å²) in [5, 5.41) is 10.6. The van der Waals surface area contributed by atoms with Gasteiger partial charge in [-0.25, -0.2) is 0 Å². The van der Waals surface area contributed by atoms with E-state index in [1.807, 2.05) is 17.0 Å². The minimum atomic E-state index is 0.0425. The first kappa shape index (κ1) is 15.0. The molecule has 0 unspecified atom stereocenters. The second-order valence-electron chi connectivity index (χ2n) is 5.77. The Bertz CT molecular complexity index is 634. The van der Waals surface area contributed by atoms with Crippen LogP contribution in [0.1, 0.15) is 43.0 Å². The molecule has 0 bridgehead atoms. The van der Waals surface area contributed by atoms with Crippen LogP contribution in [0.25, 0.3) is 11.0 Å². The van der Waals surface area contributed by atoms with Gasteiger partial charge in [0, 0.05) is 25.3 Å². The lowest BCUT2D eigenvalue weighted by atomic mass is 10.1. The van der Waals surface area contributed by atoms with Crippen molar-refractivity contribution in [2.45, 2.75) is 38.7 Å². The fourth-order valence-electron chi connectivity index (χ4n) is 2.90. The summed E-state index contributed by atoms with van der Waals surface area (Å²) < 4.78 is 5.78. The number of aromatic nitrogens is 3. The third kappa shape index (κ3) is 3.27. The number of nitrogens with zero attached hydrogens (tertiary/aromatic N) is 3. The highest BCUT2D eigenvalue weighted by Gasteiger charge is 2.22. The highest BCUT2D eigenvalue weighted by molar-refractivity contribution is 5.97. The van der Waals surface area contributed by atoms with Crippen molar-refractivity contribution >= 4 is 16.9 Å². The summed E-state index contributed by atoms with van der Waals surface area (Å²) in [6, 6.07) is 5.44. The first-order chi connectivity index (χ1) is 10.8. The van der Waals surface area contributed by atoms with Crippen molar-refractivity contribution in [1.82, 2.24) is 20.3 Å². The average Bonchev–Trinajstić information content (AvgIpc) is 3.02. The number of benzene rings is 1. The molecular weight excluding hydrogens is 280 g/mol. The molecule has 6 heteroatoms. The molecule has 1 aromatic heterocycles. The van der Waals surface area contributed by atoms with Gasteiger partial charge in [0.2, 0.25) is 0 Å². The van der Waals surface area contributed by atoms with Crippen LogP contribution in [0.5, 0.6) is 0 Å². The molecule has 1 amide bonds. The Balaban J connectivity index is 1.75. The quantitative estimate of drug-likeness (QED) is 0.920. The predicted molar refractivity (Wildman–Crippen MR) is 83.7 cm³/mol. The van der Waals surface area contributed by atoms with Gasteiger partial charge >= 0.3 is 0 Å². The molecule has 2 aromatic rings. The van der Waals surface area contributed by atoms with Gasteiger partial charge in [-0.15, -0.1) is 0 Å². The average molecular weight is 302 g/mol. The normalized spacial score (nSPS) is 18.5. The molecule has 1 fully saturated rings. The van der Waals surface area contributed by atoms with Crippen molar-refractivity contribution < 1.29 is 9.53 Å². The number of amides is 1. The molecule has 0 spiro atoms. The lowest BCUT2D eigenvalue weighted by Crippen LogP contribution is -2.40. The number of ether oxygens (including phenoxy) is 1. The number of fused-ring (bicyclic) bond motifs is 1. The standard InChI is InChI=1S/C16H22N4O2/c1-2-8-20(11-13-5-3-4-9-22-13)16(21)12-6-7-14-15(10-12)18-19-17-14/h6-7,10,13H,2-5,8-9,11H2,1H3,(H,17,18,19)/t13-/m0/s1. The van der Waals surface area contributed by atoms with Crippen LogP contribution in [0.3, 0.4) is 0 Å². The minimum absolute atomic E-state index is 0.0425. The van der Waals surface area contributed by atoms with Crippen LogP contribution in [0.4, 0.5) is 0 Å². The molecular formula is C16H22N4O2. The number of hydrogen-bond donors (Lipinski definition) is 1. The summed E-state index contributed by atoms with van der Waals surface area (Å²) in [5.74, 6) is 0.0425. The summed E-state index contributed by atoms with van der Waals surface area (Å²) in [7, 11) is 0. The predicted octanol–water partition coefficient (Wildman–Crippen LogP) is 2.38. The smallest absolute Gasteiger partial charge is 0.254 e. The fourth-order valence-corrected chi connectivity index (χ4v) is 2.90. The van der Waals surface area contributed by atoms with E-state index in [-0.39, 0.29) is 12.0 Å². The van der Waals surface area contributed by atoms with E-state index in [2.05, 4.69) is 22.3 Å². The number of carbonyl (C=O) groups is 1. The highest BCUT2D eigenvalue weighted by Crippen LogP contribution is 2.17. The first-order valence-corrected chi connectivity index (χ1v) is 7.99. The minimum Gasteiger partial charge on any atom is -0.376 e. The van der Waals surface area contributed by atoms with Crippen molar-refractivity contribution in [3.8, 4) is 0 Å². The second kappa shape index (κ2) is 6.87. The molecule has 1 aliphatic heterocycles. The molecule has 6 nitrogen and oxygen atoms in total. The lowest BCUT2D eigenvalue weighted by Gasteiger charge is -2.30. The van der Waals surface area contributed by atoms with Crippen LogP contribution in [-0.4, -0.2) is 52.0 Å². The van der Waals surface area contributed by atoms with Gasteiger partial charge in [0.05, 0.1) is 6.10 Å². The van der Waals surface area contributed by atoms with Gasteiger partial charge in [0.1, 0.15) is 11.0 Å².